The number of hydrogen-bond acceptors (Lipinski definition) is 9. The molecule has 2 aromatic carbocycles. The van der Waals surface area contributed by atoms with Gasteiger partial charge in [-0.3, -0.25) is 9.52 Å². The van der Waals surface area contributed by atoms with Crippen molar-refractivity contribution in [2.45, 2.75) is 31.9 Å². The van der Waals surface area contributed by atoms with Crippen LogP contribution in [0.2, 0.25) is 0 Å². The van der Waals surface area contributed by atoms with Gasteiger partial charge in [-0.2, -0.15) is 0 Å². The summed E-state index contributed by atoms with van der Waals surface area (Å²) in [6, 6.07) is 6.96. The average molecular weight is 627 g/mol. The third-order valence-corrected chi connectivity index (χ3v) is 7.20. The maximum atomic E-state index is 15.0. The highest BCUT2D eigenvalue weighted by Crippen LogP contribution is 2.29. The van der Waals surface area contributed by atoms with E-state index in [-0.39, 0.29) is 47.5 Å². The number of ether oxygens (including phenoxy) is 2. The SMILES string of the molecule is COc1ccc(CNC(=CCNc2cc(F)c(C(=O)NC3CCNCC3)cc2OC)C(=CN)C(F)F)c(NS(C)(=O)=O)c1. The highest BCUT2D eigenvalue weighted by Gasteiger charge is 2.21. The molecule has 1 aliphatic rings. The second-order valence-electron chi connectivity index (χ2n) is 9.70. The number of carbonyl (C=O) groups is 1. The van der Waals surface area contributed by atoms with Gasteiger partial charge in [0.25, 0.3) is 12.3 Å². The van der Waals surface area contributed by atoms with Gasteiger partial charge in [-0.05, 0) is 49.7 Å². The molecule has 1 heterocycles. The highest BCUT2D eigenvalue weighted by atomic mass is 32.2. The monoisotopic (exact) mass is 626 g/mol. The second kappa shape index (κ2) is 15.4. The Hall–Kier alpha value is -4.11. The van der Waals surface area contributed by atoms with Gasteiger partial charge in [0.1, 0.15) is 17.3 Å². The third kappa shape index (κ3) is 9.71. The van der Waals surface area contributed by atoms with Gasteiger partial charge in [0.15, 0.2) is 0 Å². The lowest BCUT2D eigenvalue weighted by molar-refractivity contribution is 0.0925. The molecule has 0 saturated carbocycles. The molecule has 0 aromatic heterocycles. The van der Waals surface area contributed by atoms with E-state index in [0.29, 0.717) is 11.3 Å². The number of hydrogen-bond donors (Lipinski definition) is 6. The van der Waals surface area contributed by atoms with E-state index >= 15 is 0 Å². The molecule has 236 valence electrons. The van der Waals surface area contributed by atoms with Gasteiger partial charge >= 0.3 is 0 Å². The number of alkyl halides is 2. The lowest BCUT2D eigenvalue weighted by Gasteiger charge is -2.24. The fourth-order valence-electron chi connectivity index (χ4n) is 4.42. The molecule has 0 unspecified atom stereocenters. The van der Waals surface area contributed by atoms with Crippen LogP contribution in [0.4, 0.5) is 24.5 Å². The fourth-order valence-corrected chi connectivity index (χ4v) is 5.01. The first-order valence-electron chi connectivity index (χ1n) is 13.4. The first-order valence-corrected chi connectivity index (χ1v) is 15.3. The summed E-state index contributed by atoms with van der Waals surface area (Å²) >= 11 is 0. The van der Waals surface area contributed by atoms with E-state index in [1.54, 1.807) is 12.1 Å². The number of amides is 1. The molecule has 1 amide bonds. The van der Waals surface area contributed by atoms with Gasteiger partial charge < -0.3 is 36.5 Å². The zero-order valence-corrected chi connectivity index (χ0v) is 24.9. The molecule has 1 aliphatic heterocycles. The molecule has 0 atom stereocenters. The minimum atomic E-state index is -3.65. The molecule has 2 aromatic rings. The first-order chi connectivity index (χ1) is 20.4. The molecule has 0 aliphatic carbocycles. The van der Waals surface area contributed by atoms with Gasteiger partial charge in [-0.1, -0.05) is 6.07 Å². The van der Waals surface area contributed by atoms with Gasteiger partial charge in [0, 0.05) is 43.2 Å². The standard InChI is InChI=1S/C28H37F3N6O5S/c1-41-19-5-4-17(24(12-19)37-43(3,39)40)16-35-23(21(15-32)27(30)31)8-11-34-25-14-22(29)20(13-26(25)42-2)28(38)36-18-6-9-33-10-7-18/h4-5,8,12-15,18,27,33-35,37H,6-7,9-11,16,32H2,1-3H3,(H,36,38). The third-order valence-electron chi connectivity index (χ3n) is 6.61. The lowest BCUT2D eigenvalue weighted by Crippen LogP contribution is -2.42. The van der Waals surface area contributed by atoms with Crippen molar-refractivity contribution in [1.29, 1.82) is 0 Å². The maximum Gasteiger partial charge on any atom is 0.267 e. The average Bonchev–Trinajstić information content (AvgIpc) is 2.96. The molecular formula is C28H37F3N6O5S. The minimum Gasteiger partial charge on any atom is -0.497 e. The quantitative estimate of drug-likeness (QED) is 0.174. The molecule has 15 heteroatoms. The number of rotatable bonds is 14. The van der Waals surface area contributed by atoms with E-state index in [2.05, 4.69) is 26.0 Å². The number of halogens is 3. The summed E-state index contributed by atoms with van der Waals surface area (Å²) in [4.78, 5) is 12.7. The number of carbonyl (C=O) groups excluding carboxylic acids is 1. The van der Waals surface area contributed by atoms with Crippen molar-refractivity contribution >= 4 is 27.3 Å². The predicted octanol–water partition coefficient (Wildman–Crippen LogP) is 2.89. The van der Waals surface area contributed by atoms with Crippen molar-refractivity contribution in [3.05, 3.63) is 70.8 Å². The predicted molar refractivity (Wildman–Crippen MR) is 159 cm³/mol. The second-order valence-corrected chi connectivity index (χ2v) is 11.5. The number of sulfonamides is 1. The summed E-state index contributed by atoms with van der Waals surface area (Å²) in [7, 11) is -0.867. The number of nitrogens with two attached hydrogens (primary N) is 1. The van der Waals surface area contributed by atoms with Crippen LogP contribution in [0.5, 0.6) is 11.5 Å². The number of piperidine rings is 1. The highest BCUT2D eigenvalue weighted by molar-refractivity contribution is 7.92. The number of allylic oxidation sites excluding steroid dienone is 1. The Morgan fingerprint density at radius 1 is 1.14 bits per heavy atom. The molecule has 0 radical (unpaired) electrons. The zero-order valence-electron chi connectivity index (χ0n) is 24.1. The van der Waals surface area contributed by atoms with Crippen LogP contribution >= 0.6 is 0 Å². The van der Waals surface area contributed by atoms with E-state index in [9.17, 15) is 26.4 Å². The Balaban J connectivity index is 1.80. The van der Waals surface area contributed by atoms with Gasteiger partial charge in [-0.15, -0.1) is 0 Å². The summed E-state index contributed by atoms with van der Waals surface area (Å²) in [5.74, 6) is -0.768. The van der Waals surface area contributed by atoms with Crippen LogP contribution < -0.4 is 41.2 Å². The van der Waals surface area contributed by atoms with E-state index in [0.717, 1.165) is 44.5 Å². The van der Waals surface area contributed by atoms with Crippen LogP contribution in [-0.2, 0) is 16.6 Å². The van der Waals surface area contributed by atoms with Crippen molar-refractivity contribution in [2.24, 2.45) is 5.73 Å². The summed E-state index contributed by atoms with van der Waals surface area (Å²) in [6.45, 7) is 1.39. The fraction of sp³-hybridized carbons (Fsp3) is 0.393. The Kier molecular flexibility index (Phi) is 11.9. The van der Waals surface area contributed by atoms with Gasteiger partial charge in [0.05, 0.1) is 43.0 Å². The van der Waals surface area contributed by atoms with Crippen LogP contribution in [0, 0.1) is 5.82 Å². The van der Waals surface area contributed by atoms with Gasteiger partial charge in [-0.25, -0.2) is 21.6 Å². The number of nitrogens with one attached hydrogen (secondary N) is 5. The molecule has 0 spiro atoms. The van der Waals surface area contributed by atoms with Crippen LogP contribution in [0.25, 0.3) is 0 Å². The largest absolute Gasteiger partial charge is 0.497 e. The molecule has 0 bridgehead atoms. The van der Waals surface area contributed by atoms with Crippen LogP contribution in [0.15, 0.2) is 53.9 Å². The van der Waals surface area contributed by atoms with E-state index < -0.39 is 33.7 Å². The Bertz CT molecular complexity index is 1450. The summed E-state index contributed by atoms with van der Waals surface area (Å²) < 4.78 is 79.2. The smallest absolute Gasteiger partial charge is 0.267 e. The Labute approximate surface area is 249 Å². The number of anilines is 2. The number of methoxy groups -OCH3 is 2. The molecule has 7 N–H and O–H groups in total. The summed E-state index contributed by atoms with van der Waals surface area (Å²) in [6.07, 6.45) is 1.67. The minimum absolute atomic E-state index is 0.0384. The molecule has 43 heavy (non-hydrogen) atoms. The Morgan fingerprint density at radius 2 is 1.86 bits per heavy atom. The van der Waals surface area contributed by atoms with Crippen molar-refractivity contribution < 1.29 is 35.9 Å². The van der Waals surface area contributed by atoms with Crippen molar-refractivity contribution in [2.75, 3.05) is 50.1 Å². The van der Waals surface area contributed by atoms with Gasteiger partial charge in [0.2, 0.25) is 10.0 Å². The molecule has 3 rings (SSSR count). The van der Waals surface area contributed by atoms with E-state index in [1.807, 2.05) is 0 Å². The molecule has 11 nitrogen and oxygen atoms in total. The summed E-state index contributed by atoms with van der Waals surface area (Å²) in [5, 5.41) is 11.8. The molecular weight excluding hydrogens is 589 g/mol. The molecule has 1 saturated heterocycles. The van der Waals surface area contributed by atoms with E-state index in [4.69, 9.17) is 15.2 Å². The van der Waals surface area contributed by atoms with Crippen molar-refractivity contribution in [1.82, 2.24) is 16.0 Å². The van der Waals surface area contributed by atoms with Crippen LogP contribution in [0.3, 0.4) is 0 Å². The maximum absolute atomic E-state index is 15.0. The Morgan fingerprint density at radius 3 is 2.47 bits per heavy atom. The van der Waals surface area contributed by atoms with Crippen LogP contribution in [-0.4, -0.2) is 66.9 Å². The summed E-state index contributed by atoms with van der Waals surface area (Å²) in [5.41, 5.74) is 5.61. The lowest BCUT2D eigenvalue weighted by atomic mass is 10.1. The van der Waals surface area contributed by atoms with Crippen molar-refractivity contribution in [3.63, 3.8) is 0 Å². The first kappa shape index (κ1) is 33.4. The van der Waals surface area contributed by atoms with Crippen molar-refractivity contribution in [3.8, 4) is 11.5 Å². The molecule has 1 fully saturated rings. The zero-order chi connectivity index (χ0) is 31.6. The van der Waals surface area contributed by atoms with Crippen LogP contribution in [0.1, 0.15) is 28.8 Å². The topological polar surface area (TPSA) is 156 Å². The number of benzene rings is 2. The normalized spacial score (nSPS) is 14.8. The van der Waals surface area contributed by atoms with E-state index in [1.165, 1.54) is 32.4 Å².